The van der Waals surface area contributed by atoms with E-state index in [2.05, 4.69) is 15.3 Å². The summed E-state index contributed by atoms with van der Waals surface area (Å²) < 4.78 is 10.7. The lowest BCUT2D eigenvalue weighted by atomic mass is 9.97. The lowest BCUT2D eigenvalue weighted by molar-refractivity contribution is -0.121. The van der Waals surface area contributed by atoms with E-state index in [0.717, 1.165) is 40.8 Å². The molecule has 1 aliphatic heterocycles. The summed E-state index contributed by atoms with van der Waals surface area (Å²) in [7, 11) is 0. The molecule has 5 rings (SSSR count). The zero-order valence-electron chi connectivity index (χ0n) is 16.7. The van der Waals surface area contributed by atoms with E-state index in [0.29, 0.717) is 18.0 Å². The van der Waals surface area contributed by atoms with Crippen LogP contribution in [0.3, 0.4) is 0 Å². The number of carbonyl (C=O) groups excluding carboxylic acids is 1. The Kier molecular flexibility index (Phi) is 4.94. The van der Waals surface area contributed by atoms with E-state index in [9.17, 15) is 9.59 Å². The highest BCUT2D eigenvalue weighted by Crippen LogP contribution is 2.35. The number of nitrogens with zero attached hydrogens (tertiary/aromatic N) is 1. The molecule has 1 amide bonds. The van der Waals surface area contributed by atoms with E-state index < -0.39 is 0 Å². The molecule has 7 nitrogen and oxygen atoms in total. The minimum absolute atomic E-state index is 0.0801. The third-order valence-electron chi connectivity index (χ3n) is 5.74. The van der Waals surface area contributed by atoms with E-state index in [1.54, 1.807) is 11.3 Å². The first-order valence-electron chi connectivity index (χ1n) is 10.3. The fraction of sp³-hybridized carbons (Fsp3) is 0.409. The average molecular weight is 426 g/mol. The lowest BCUT2D eigenvalue weighted by Crippen LogP contribution is -2.27. The van der Waals surface area contributed by atoms with Crippen LogP contribution < -0.4 is 20.3 Å². The summed E-state index contributed by atoms with van der Waals surface area (Å²) in [5.41, 5.74) is 2.05. The van der Waals surface area contributed by atoms with Crippen molar-refractivity contribution in [1.29, 1.82) is 0 Å². The molecule has 3 heterocycles. The summed E-state index contributed by atoms with van der Waals surface area (Å²) in [6.07, 6.45) is 4.95. The number of amides is 1. The van der Waals surface area contributed by atoms with Gasteiger partial charge in [0, 0.05) is 17.7 Å². The van der Waals surface area contributed by atoms with Gasteiger partial charge in [-0.2, -0.15) is 0 Å². The van der Waals surface area contributed by atoms with Crippen LogP contribution in [0.1, 0.15) is 54.1 Å². The molecule has 8 heteroatoms. The average Bonchev–Trinajstić information content (AvgIpc) is 3.35. The Hall–Kier alpha value is -2.87. The first-order valence-corrected chi connectivity index (χ1v) is 11.1. The fourth-order valence-electron chi connectivity index (χ4n) is 4.14. The quantitative estimate of drug-likeness (QED) is 0.654. The van der Waals surface area contributed by atoms with E-state index in [1.807, 2.05) is 25.1 Å². The van der Waals surface area contributed by atoms with Gasteiger partial charge in [-0.05, 0) is 55.9 Å². The highest BCUT2D eigenvalue weighted by Gasteiger charge is 2.20. The van der Waals surface area contributed by atoms with Gasteiger partial charge in [-0.1, -0.05) is 6.07 Å². The lowest BCUT2D eigenvalue weighted by Gasteiger charge is -2.14. The molecule has 0 saturated carbocycles. The van der Waals surface area contributed by atoms with Crippen LogP contribution in [0.4, 0.5) is 0 Å². The Bertz CT molecular complexity index is 1180. The zero-order valence-corrected chi connectivity index (χ0v) is 17.6. The molecule has 0 spiro atoms. The second-order valence-corrected chi connectivity index (χ2v) is 8.89. The van der Waals surface area contributed by atoms with Crippen molar-refractivity contribution in [2.45, 2.75) is 51.5 Å². The summed E-state index contributed by atoms with van der Waals surface area (Å²) in [5, 5.41) is 3.75. The zero-order chi connectivity index (χ0) is 20.7. The Morgan fingerprint density at radius 3 is 3.00 bits per heavy atom. The molecule has 0 fully saturated rings. The Balaban J connectivity index is 1.25. The van der Waals surface area contributed by atoms with Crippen LogP contribution in [-0.2, 0) is 24.1 Å². The second kappa shape index (κ2) is 7.75. The van der Waals surface area contributed by atoms with Crippen molar-refractivity contribution in [3.05, 3.63) is 50.4 Å². The van der Waals surface area contributed by atoms with Crippen molar-refractivity contribution in [3.63, 3.8) is 0 Å². The van der Waals surface area contributed by atoms with Crippen LogP contribution in [0.15, 0.2) is 23.0 Å². The van der Waals surface area contributed by atoms with Gasteiger partial charge < -0.3 is 19.8 Å². The highest BCUT2D eigenvalue weighted by atomic mass is 32.1. The van der Waals surface area contributed by atoms with Gasteiger partial charge in [-0.3, -0.25) is 9.59 Å². The molecular weight excluding hydrogens is 402 g/mol. The van der Waals surface area contributed by atoms with Crippen LogP contribution in [0.2, 0.25) is 0 Å². The number of aromatic amines is 1. The molecular formula is C22H23N3O4S. The molecule has 1 unspecified atom stereocenters. The third kappa shape index (κ3) is 3.56. The first-order chi connectivity index (χ1) is 14.6. The van der Waals surface area contributed by atoms with Gasteiger partial charge in [0.25, 0.3) is 5.56 Å². The molecule has 1 aromatic carbocycles. The highest BCUT2D eigenvalue weighted by molar-refractivity contribution is 7.18. The normalized spacial score (nSPS) is 15.8. The molecule has 2 N–H and O–H groups in total. The fourth-order valence-corrected chi connectivity index (χ4v) is 5.42. The molecule has 30 heavy (non-hydrogen) atoms. The minimum atomic E-state index is -0.162. The van der Waals surface area contributed by atoms with Crippen LogP contribution in [0.5, 0.6) is 11.5 Å². The third-order valence-corrected chi connectivity index (χ3v) is 6.92. The van der Waals surface area contributed by atoms with E-state index >= 15 is 0 Å². The number of rotatable bonds is 5. The largest absolute Gasteiger partial charge is 0.454 e. The number of thiophene rings is 1. The van der Waals surface area contributed by atoms with Crippen molar-refractivity contribution < 1.29 is 14.3 Å². The SMILES string of the molecule is CC(NC(=O)CCc1nc2sc3c(c2c(=O)[nH]1)CCCC3)c1ccc2c(c1)OCO2. The summed E-state index contributed by atoms with van der Waals surface area (Å²) in [6, 6.07) is 5.50. The van der Waals surface area contributed by atoms with Crippen molar-refractivity contribution in [3.8, 4) is 11.5 Å². The molecule has 3 aromatic rings. The maximum atomic E-state index is 12.6. The number of fused-ring (bicyclic) bond motifs is 4. The molecule has 2 aromatic heterocycles. The molecule has 2 aliphatic rings. The van der Waals surface area contributed by atoms with Crippen molar-refractivity contribution >= 4 is 27.5 Å². The molecule has 156 valence electrons. The van der Waals surface area contributed by atoms with Crippen molar-refractivity contribution in [1.82, 2.24) is 15.3 Å². The molecule has 1 aliphatic carbocycles. The van der Waals surface area contributed by atoms with Crippen LogP contribution in [0.25, 0.3) is 10.2 Å². The monoisotopic (exact) mass is 425 g/mol. The molecule has 0 saturated heterocycles. The van der Waals surface area contributed by atoms with Gasteiger partial charge in [-0.25, -0.2) is 4.98 Å². The smallest absolute Gasteiger partial charge is 0.259 e. The first kappa shape index (κ1) is 19.1. The number of aromatic nitrogens is 2. The van der Waals surface area contributed by atoms with Gasteiger partial charge in [0.1, 0.15) is 10.7 Å². The maximum absolute atomic E-state index is 12.6. The number of carbonyl (C=O) groups is 1. The number of aryl methyl sites for hydroxylation is 3. The maximum Gasteiger partial charge on any atom is 0.259 e. The van der Waals surface area contributed by atoms with Gasteiger partial charge in [0.05, 0.1) is 11.4 Å². The Labute approximate surface area is 177 Å². The standard InChI is InChI=1S/C22H23N3O4S/c1-12(13-6-7-15-16(10-13)29-11-28-15)23-19(26)9-8-18-24-21(27)20-14-4-2-3-5-17(14)30-22(20)25-18/h6-7,10,12H,2-5,8-9,11H2,1H3,(H,23,26)(H,24,25,27). The number of H-pyrrole nitrogens is 1. The Morgan fingerprint density at radius 1 is 1.27 bits per heavy atom. The molecule has 1 atom stereocenters. The molecule has 0 radical (unpaired) electrons. The second-order valence-electron chi connectivity index (χ2n) is 7.81. The van der Waals surface area contributed by atoms with Gasteiger partial charge in [0.15, 0.2) is 11.5 Å². The van der Waals surface area contributed by atoms with E-state index in [-0.39, 0.29) is 30.7 Å². The summed E-state index contributed by atoms with van der Waals surface area (Å²) in [5.74, 6) is 1.89. The number of hydrogen-bond donors (Lipinski definition) is 2. The van der Waals surface area contributed by atoms with Gasteiger partial charge >= 0.3 is 0 Å². The van der Waals surface area contributed by atoms with E-state index in [4.69, 9.17) is 9.47 Å². The summed E-state index contributed by atoms with van der Waals surface area (Å²) in [6.45, 7) is 2.15. The van der Waals surface area contributed by atoms with Gasteiger partial charge in [0.2, 0.25) is 12.7 Å². The number of hydrogen-bond acceptors (Lipinski definition) is 6. The molecule has 0 bridgehead atoms. The summed E-state index contributed by atoms with van der Waals surface area (Å²) >= 11 is 1.63. The number of nitrogens with one attached hydrogen (secondary N) is 2. The number of ether oxygens (including phenoxy) is 2. The van der Waals surface area contributed by atoms with Crippen LogP contribution in [0, 0.1) is 0 Å². The van der Waals surface area contributed by atoms with Crippen molar-refractivity contribution in [2.75, 3.05) is 6.79 Å². The van der Waals surface area contributed by atoms with Crippen LogP contribution >= 0.6 is 11.3 Å². The van der Waals surface area contributed by atoms with Crippen molar-refractivity contribution in [2.24, 2.45) is 0 Å². The summed E-state index contributed by atoms with van der Waals surface area (Å²) in [4.78, 5) is 34.7. The van der Waals surface area contributed by atoms with Gasteiger partial charge in [-0.15, -0.1) is 11.3 Å². The minimum Gasteiger partial charge on any atom is -0.454 e. The predicted molar refractivity (Wildman–Crippen MR) is 114 cm³/mol. The van der Waals surface area contributed by atoms with Crippen LogP contribution in [-0.4, -0.2) is 22.7 Å². The Morgan fingerprint density at radius 2 is 2.10 bits per heavy atom. The van der Waals surface area contributed by atoms with E-state index in [1.165, 1.54) is 16.9 Å². The predicted octanol–water partition coefficient (Wildman–Crippen LogP) is 3.40. The topological polar surface area (TPSA) is 93.3 Å². The number of benzene rings is 1.